The summed E-state index contributed by atoms with van der Waals surface area (Å²) < 4.78 is 23.9. The molecule has 1 aliphatic heterocycles. The van der Waals surface area contributed by atoms with Crippen molar-refractivity contribution in [1.29, 1.82) is 0 Å². The minimum Gasteiger partial charge on any atom is -0.352 e. The van der Waals surface area contributed by atoms with Crippen LogP contribution in [0, 0.1) is 0 Å². The van der Waals surface area contributed by atoms with Gasteiger partial charge in [0.2, 0.25) is 15.9 Å². The van der Waals surface area contributed by atoms with Gasteiger partial charge in [0, 0.05) is 25.6 Å². The normalized spacial score (nSPS) is 21.1. The molecule has 1 fully saturated rings. The van der Waals surface area contributed by atoms with Crippen LogP contribution in [0.3, 0.4) is 0 Å². The van der Waals surface area contributed by atoms with Crippen LogP contribution in [-0.4, -0.2) is 46.3 Å². The number of rotatable bonds is 7. The fraction of sp³-hybridized carbons (Fsp3) is 0.889. The highest BCUT2D eigenvalue weighted by molar-refractivity contribution is 7.88. The summed E-state index contributed by atoms with van der Waals surface area (Å²) in [5.74, 6) is 0.116. The number of carbonyl (C=O) groups is 1. The molecular formula is C9H19N3O3S. The molecule has 1 atom stereocenters. The first-order chi connectivity index (χ1) is 7.47. The molecule has 0 bridgehead atoms. The maximum atomic E-state index is 10.9. The number of sulfonamides is 1. The van der Waals surface area contributed by atoms with E-state index in [1.165, 1.54) is 0 Å². The van der Waals surface area contributed by atoms with E-state index in [1.807, 2.05) is 0 Å². The molecule has 1 aliphatic rings. The van der Waals surface area contributed by atoms with Crippen LogP contribution >= 0.6 is 0 Å². The molecule has 16 heavy (non-hydrogen) atoms. The Morgan fingerprint density at radius 1 is 1.44 bits per heavy atom. The Bertz CT molecular complexity index is 329. The first-order valence-corrected chi connectivity index (χ1v) is 7.31. The van der Waals surface area contributed by atoms with Crippen molar-refractivity contribution in [3.63, 3.8) is 0 Å². The van der Waals surface area contributed by atoms with E-state index in [1.54, 1.807) is 0 Å². The fourth-order valence-corrected chi connectivity index (χ4v) is 2.09. The highest BCUT2D eigenvalue weighted by Crippen LogP contribution is 2.04. The van der Waals surface area contributed by atoms with Crippen LogP contribution in [0.4, 0.5) is 0 Å². The monoisotopic (exact) mass is 249 g/mol. The molecular weight excluding hydrogens is 230 g/mol. The maximum Gasteiger partial charge on any atom is 0.220 e. The quantitative estimate of drug-likeness (QED) is 0.494. The minimum absolute atomic E-state index is 0.116. The van der Waals surface area contributed by atoms with Crippen molar-refractivity contribution in [2.75, 3.05) is 25.9 Å². The van der Waals surface area contributed by atoms with Crippen LogP contribution in [0.15, 0.2) is 0 Å². The maximum absolute atomic E-state index is 10.9. The van der Waals surface area contributed by atoms with Crippen LogP contribution in [0.25, 0.3) is 0 Å². The standard InChI is InChI=1S/C9H19N3O3S/c1-16(14,15)11-6-2-5-10-7-8-3-4-9(13)12-8/h8,10-11H,2-7H2,1H3,(H,12,13). The van der Waals surface area contributed by atoms with Crippen molar-refractivity contribution in [1.82, 2.24) is 15.4 Å². The molecule has 94 valence electrons. The predicted molar refractivity (Wildman–Crippen MR) is 61.5 cm³/mol. The molecule has 0 aliphatic carbocycles. The van der Waals surface area contributed by atoms with Gasteiger partial charge in [-0.05, 0) is 19.4 Å². The average molecular weight is 249 g/mol. The zero-order chi connectivity index (χ0) is 12.0. The SMILES string of the molecule is CS(=O)(=O)NCCCNCC1CCC(=O)N1. The summed E-state index contributed by atoms with van der Waals surface area (Å²) in [6, 6.07) is 0.232. The Morgan fingerprint density at radius 2 is 2.19 bits per heavy atom. The summed E-state index contributed by atoms with van der Waals surface area (Å²) in [4.78, 5) is 10.9. The van der Waals surface area contributed by atoms with Crippen LogP contribution in [0.2, 0.25) is 0 Å². The number of amides is 1. The average Bonchev–Trinajstić information content (AvgIpc) is 2.56. The molecule has 1 amide bonds. The van der Waals surface area contributed by atoms with E-state index in [2.05, 4.69) is 15.4 Å². The molecule has 0 aromatic carbocycles. The van der Waals surface area contributed by atoms with Crippen LogP contribution in [-0.2, 0) is 14.8 Å². The van der Waals surface area contributed by atoms with E-state index >= 15 is 0 Å². The Kier molecular flexibility index (Phi) is 5.17. The van der Waals surface area contributed by atoms with Crippen molar-refractivity contribution in [2.24, 2.45) is 0 Å². The Hall–Kier alpha value is -0.660. The first-order valence-electron chi connectivity index (χ1n) is 5.42. The molecule has 0 aromatic heterocycles. The second kappa shape index (κ2) is 6.17. The zero-order valence-corrected chi connectivity index (χ0v) is 10.3. The zero-order valence-electron chi connectivity index (χ0n) is 9.45. The third-order valence-corrected chi connectivity index (χ3v) is 3.10. The number of hydrogen-bond donors (Lipinski definition) is 3. The smallest absolute Gasteiger partial charge is 0.220 e. The Morgan fingerprint density at radius 3 is 2.75 bits per heavy atom. The van der Waals surface area contributed by atoms with Crippen LogP contribution in [0.1, 0.15) is 19.3 Å². The molecule has 1 rings (SSSR count). The molecule has 0 aromatic rings. The molecule has 1 unspecified atom stereocenters. The summed E-state index contributed by atoms with van der Waals surface area (Å²) in [6.45, 7) is 1.95. The first kappa shape index (κ1) is 13.4. The van der Waals surface area contributed by atoms with Crippen molar-refractivity contribution in [3.8, 4) is 0 Å². The van der Waals surface area contributed by atoms with Gasteiger partial charge in [0.1, 0.15) is 0 Å². The fourth-order valence-electron chi connectivity index (χ4n) is 1.58. The van der Waals surface area contributed by atoms with Gasteiger partial charge in [0.15, 0.2) is 0 Å². The summed E-state index contributed by atoms with van der Waals surface area (Å²) in [6.07, 6.45) is 3.39. The predicted octanol–water partition coefficient (Wildman–Crippen LogP) is -1.21. The Labute approximate surface area is 96.2 Å². The van der Waals surface area contributed by atoms with Crippen LogP contribution in [0.5, 0.6) is 0 Å². The van der Waals surface area contributed by atoms with Gasteiger partial charge in [-0.3, -0.25) is 4.79 Å². The van der Waals surface area contributed by atoms with E-state index in [0.717, 1.165) is 32.2 Å². The van der Waals surface area contributed by atoms with E-state index in [-0.39, 0.29) is 11.9 Å². The highest BCUT2D eigenvalue weighted by atomic mass is 32.2. The summed E-state index contributed by atoms with van der Waals surface area (Å²) in [5, 5.41) is 6.04. The molecule has 0 spiro atoms. The third kappa shape index (κ3) is 6.04. The summed E-state index contributed by atoms with van der Waals surface area (Å²) in [5.41, 5.74) is 0. The van der Waals surface area contributed by atoms with E-state index in [0.29, 0.717) is 13.0 Å². The number of nitrogens with one attached hydrogen (secondary N) is 3. The topological polar surface area (TPSA) is 87.3 Å². The van der Waals surface area contributed by atoms with Crippen molar-refractivity contribution < 1.29 is 13.2 Å². The van der Waals surface area contributed by atoms with E-state index in [9.17, 15) is 13.2 Å². The molecule has 1 heterocycles. The third-order valence-electron chi connectivity index (χ3n) is 2.37. The van der Waals surface area contributed by atoms with Crippen molar-refractivity contribution >= 4 is 15.9 Å². The van der Waals surface area contributed by atoms with E-state index < -0.39 is 10.0 Å². The lowest BCUT2D eigenvalue weighted by Gasteiger charge is -2.10. The van der Waals surface area contributed by atoms with Gasteiger partial charge >= 0.3 is 0 Å². The van der Waals surface area contributed by atoms with Gasteiger partial charge in [-0.15, -0.1) is 0 Å². The van der Waals surface area contributed by atoms with Gasteiger partial charge in [-0.25, -0.2) is 13.1 Å². The van der Waals surface area contributed by atoms with Gasteiger partial charge in [0.05, 0.1) is 6.26 Å². The van der Waals surface area contributed by atoms with Gasteiger partial charge in [-0.2, -0.15) is 0 Å². The molecule has 0 saturated carbocycles. The molecule has 7 heteroatoms. The van der Waals surface area contributed by atoms with Gasteiger partial charge < -0.3 is 10.6 Å². The summed E-state index contributed by atoms with van der Waals surface area (Å²) in [7, 11) is -3.07. The lowest BCUT2D eigenvalue weighted by molar-refractivity contribution is -0.119. The second-order valence-electron chi connectivity index (χ2n) is 4.03. The molecule has 6 nitrogen and oxygen atoms in total. The lowest BCUT2D eigenvalue weighted by Crippen LogP contribution is -2.36. The molecule has 1 saturated heterocycles. The summed E-state index contributed by atoms with van der Waals surface area (Å²) >= 11 is 0. The van der Waals surface area contributed by atoms with Gasteiger partial charge in [-0.1, -0.05) is 0 Å². The number of carbonyl (C=O) groups excluding carboxylic acids is 1. The van der Waals surface area contributed by atoms with E-state index in [4.69, 9.17) is 0 Å². The minimum atomic E-state index is -3.07. The highest BCUT2D eigenvalue weighted by Gasteiger charge is 2.19. The van der Waals surface area contributed by atoms with Crippen LogP contribution < -0.4 is 15.4 Å². The lowest BCUT2D eigenvalue weighted by atomic mass is 10.2. The van der Waals surface area contributed by atoms with Crippen molar-refractivity contribution in [2.45, 2.75) is 25.3 Å². The largest absolute Gasteiger partial charge is 0.352 e. The molecule has 3 N–H and O–H groups in total. The van der Waals surface area contributed by atoms with Crippen molar-refractivity contribution in [3.05, 3.63) is 0 Å². The second-order valence-corrected chi connectivity index (χ2v) is 5.86. The Balaban J connectivity index is 1.94. The molecule has 0 radical (unpaired) electrons. The van der Waals surface area contributed by atoms with Gasteiger partial charge in [0.25, 0.3) is 0 Å². The number of hydrogen-bond acceptors (Lipinski definition) is 4.